The summed E-state index contributed by atoms with van der Waals surface area (Å²) in [4.78, 5) is 22.3. The maximum Gasteiger partial charge on any atom is 0.227 e. The summed E-state index contributed by atoms with van der Waals surface area (Å²) in [5, 5.41) is 15.4. The molecule has 0 unspecified atom stereocenters. The molecule has 2 N–H and O–H groups in total. The Balaban J connectivity index is 1.38. The molecule has 5 rings (SSSR count). The van der Waals surface area contributed by atoms with E-state index in [0.717, 1.165) is 28.7 Å². The molecule has 0 radical (unpaired) electrons. The molecular formula is C28H38FN7O3S. The third-order valence-electron chi connectivity index (χ3n) is 8.27. The number of alkyl halides is 1. The average Bonchev–Trinajstić information content (AvgIpc) is 2.88. The molecule has 12 heteroatoms. The number of halogens is 1. The summed E-state index contributed by atoms with van der Waals surface area (Å²) in [5.74, 6) is 3.15. The second kappa shape index (κ2) is 10.7. The highest BCUT2D eigenvalue weighted by Gasteiger charge is 2.39. The summed E-state index contributed by atoms with van der Waals surface area (Å²) in [7, 11) is -2.99. The van der Waals surface area contributed by atoms with Gasteiger partial charge in [0.15, 0.2) is 0 Å². The molecule has 0 aromatic carbocycles. The molecule has 0 aliphatic carbocycles. The minimum atomic E-state index is -2.99. The monoisotopic (exact) mass is 571 g/mol. The normalized spacial score (nSPS) is 25.4. The number of piperidine rings is 1. The van der Waals surface area contributed by atoms with Crippen LogP contribution < -0.4 is 15.1 Å². The Kier molecular flexibility index (Phi) is 7.60. The van der Waals surface area contributed by atoms with Gasteiger partial charge in [0, 0.05) is 49.4 Å². The van der Waals surface area contributed by atoms with Gasteiger partial charge in [0.2, 0.25) is 5.95 Å². The zero-order valence-electron chi connectivity index (χ0n) is 23.7. The van der Waals surface area contributed by atoms with Gasteiger partial charge in [-0.1, -0.05) is 13.8 Å². The van der Waals surface area contributed by atoms with Crippen LogP contribution in [0.3, 0.4) is 0 Å². The number of hydrogen-bond acceptors (Lipinski definition) is 10. The van der Waals surface area contributed by atoms with E-state index in [1.165, 1.54) is 13.2 Å². The van der Waals surface area contributed by atoms with E-state index in [4.69, 9.17) is 4.98 Å². The fourth-order valence-electron chi connectivity index (χ4n) is 5.45. The highest BCUT2D eigenvalue weighted by molar-refractivity contribution is 7.90. The molecule has 10 nitrogen and oxygen atoms in total. The fourth-order valence-corrected chi connectivity index (χ4v) is 6.18. The zero-order chi connectivity index (χ0) is 28.8. The number of aliphatic hydroxyl groups is 1. The molecule has 4 atom stereocenters. The van der Waals surface area contributed by atoms with E-state index in [0.29, 0.717) is 42.9 Å². The first-order valence-corrected chi connectivity index (χ1v) is 15.8. The Hall–Kier alpha value is -3.12. The topological polar surface area (TPSA) is 124 Å². The molecular weight excluding hydrogens is 533 g/mol. The maximum atomic E-state index is 14.4. The first kappa shape index (κ1) is 28.4. The first-order chi connectivity index (χ1) is 18.8. The predicted octanol–water partition coefficient (Wildman–Crippen LogP) is 3.85. The van der Waals surface area contributed by atoms with Crippen LogP contribution >= 0.6 is 0 Å². The third kappa shape index (κ3) is 5.83. The summed E-state index contributed by atoms with van der Waals surface area (Å²) in [5.41, 5.74) is -0.238. The lowest BCUT2D eigenvalue weighted by Gasteiger charge is -2.47. The molecule has 2 fully saturated rings. The van der Waals surface area contributed by atoms with Crippen molar-refractivity contribution in [1.29, 1.82) is 0 Å². The van der Waals surface area contributed by atoms with Crippen molar-refractivity contribution < 1.29 is 17.9 Å². The van der Waals surface area contributed by atoms with Crippen molar-refractivity contribution in [3.8, 4) is 0 Å². The van der Waals surface area contributed by atoms with Crippen LogP contribution in [0.1, 0.15) is 52.0 Å². The highest BCUT2D eigenvalue weighted by Crippen LogP contribution is 2.38. The quantitative estimate of drug-likeness (QED) is 0.412. The van der Waals surface area contributed by atoms with Crippen LogP contribution in [0.5, 0.6) is 0 Å². The van der Waals surface area contributed by atoms with Gasteiger partial charge in [-0.2, -0.15) is 4.98 Å². The predicted molar refractivity (Wildman–Crippen MR) is 156 cm³/mol. The Morgan fingerprint density at radius 3 is 2.62 bits per heavy atom. The van der Waals surface area contributed by atoms with Gasteiger partial charge in [0.05, 0.1) is 17.9 Å². The van der Waals surface area contributed by atoms with Crippen LogP contribution in [0.15, 0.2) is 30.7 Å². The first-order valence-electron chi connectivity index (χ1n) is 13.8. The molecule has 0 bridgehead atoms. The standard InChI is InChI=1S/C28H38FN7O3S/c1-17(2)21-13-32-26(36-15-19(18(36)3)7-11-40(5,38)39)22-14-31-25(12-20(21)22)33-24-6-9-30-27(34-24)35-10-8-28(4,37)23(29)16-35/h6,9,12-14,17-19,23,37H,7-8,10-11,15-16H2,1-5H3,(H,30,31,33,34)/t18-,19+,23-,28+/m1/s1. The Labute approximate surface area is 235 Å². The van der Waals surface area contributed by atoms with Gasteiger partial charge in [-0.25, -0.2) is 27.8 Å². The van der Waals surface area contributed by atoms with Gasteiger partial charge >= 0.3 is 0 Å². The summed E-state index contributed by atoms with van der Waals surface area (Å²) in [6, 6.07) is 3.92. The van der Waals surface area contributed by atoms with Crippen molar-refractivity contribution in [3.05, 3.63) is 36.3 Å². The lowest BCUT2D eigenvalue weighted by atomic mass is 9.87. The van der Waals surface area contributed by atoms with E-state index in [9.17, 15) is 17.9 Å². The van der Waals surface area contributed by atoms with Gasteiger partial charge in [0.25, 0.3) is 0 Å². The molecule has 2 saturated heterocycles. The van der Waals surface area contributed by atoms with Crippen LogP contribution in [-0.2, 0) is 9.84 Å². The Bertz CT molecular complexity index is 1500. The van der Waals surface area contributed by atoms with Gasteiger partial charge < -0.3 is 20.2 Å². The Morgan fingerprint density at radius 2 is 1.95 bits per heavy atom. The maximum absolute atomic E-state index is 14.4. The number of sulfone groups is 1. The molecule has 40 heavy (non-hydrogen) atoms. The summed E-state index contributed by atoms with van der Waals surface area (Å²) in [6.07, 6.45) is 6.21. The van der Waals surface area contributed by atoms with Gasteiger partial charge in [-0.05, 0) is 61.6 Å². The van der Waals surface area contributed by atoms with Gasteiger partial charge in [-0.15, -0.1) is 0 Å². The lowest BCUT2D eigenvalue weighted by Crippen LogP contribution is -2.55. The van der Waals surface area contributed by atoms with Crippen molar-refractivity contribution in [2.45, 2.75) is 64.3 Å². The largest absolute Gasteiger partial charge is 0.387 e. The van der Waals surface area contributed by atoms with Gasteiger partial charge in [0.1, 0.15) is 33.5 Å². The van der Waals surface area contributed by atoms with E-state index < -0.39 is 21.6 Å². The molecule has 3 aromatic rings. The van der Waals surface area contributed by atoms with Crippen molar-refractivity contribution in [3.63, 3.8) is 0 Å². The number of fused-ring (bicyclic) bond motifs is 1. The number of rotatable bonds is 8. The lowest BCUT2D eigenvalue weighted by molar-refractivity contribution is -0.0332. The number of anilines is 4. The molecule has 3 aromatic heterocycles. The van der Waals surface area contributed by atoms with E-state index in [-0.39, 0.29) is 24.3 Å². The summed E-state index contributed by atoms with van der Waals surface area (Å²) < 4.78 is 37.7. The molecule has 5 heterocycles. The van der Waals surface area contributed by atoms with E-state index in [1.54, 1.807) is 17.2 Å². The van der Waals surface area contributed by atoms with E-state index in [2.05, 4.69) is 45.9 Å². The average molecular weight is 572 g/mol. The zero-order valence-corrected chi connectivity index (χ0v) is 24.5. The molecule has 0 saturated carbocycles. The minimum Gasteiger partial charge on any atom is -0.387 e. The molecule has 0 amide bonds. The van der Waals surface area contributed by atoms with Crippen LogP contribution in [0, 0.1) is 5.92 Å². The highest BCUT2D eigenvalue weighted by atomic mass is 32.2. The van der Waals surface area contributed by atoms with Crippen molar-refractivity contribution >= 4 is 44.0 Å². The van der Waals surface area contributed by atoms with Crippen LogP contribution in [-0.4, -0.2) is 82.9 Å². The van der Waals surface area contributed by atoms with Crippen molar-refractivity contribution in [1.82, 2.24) is 19.9 Å². The second-order valence-electron chi connectivity index (χ2n) is 11.8. The van der Waals surface area contributed by atoms with Crippen molar-refractivity contribution in [2.24, 2.45) is 5.92 Å². The van der Waals surface area contributed by atoms with E-state index >= 15 is 0 Å². The smallest absolute Gasteiger partial charge is 0.227 e. The fraction of sp³-hybridized carbons (Fsp3) is 0.571. The number of aromatic nitrogens is 4. The van der Waals surface area contributed by atoms with E-state index in [1.807, 2.05) is 18.5 Å². The number of hydrogen-bond donors (Lipinski definition) is 2. The second-order valence-corrected chi connectivity index (χ2v) is 14.0. The Morgan fingerprint density at radius 1 is 1.18 bits per heavy atom. The van der Waals surface area contributed by atoms with Crippen LogP contribution in [0.2, 0.25) is 0 Å². The van der Waals surface area contributed by atoms with Crippen LogP contribution in [0.4, 0.5) is 27.8 Å². The molecule has 0 spiro atoms. The molecule has 2 aliphatic rings. The van der Waals surface area contributed by atoms with Gasteiger partial charge in [-0.3, -0.25) is 0 Å². The molecule has 216 valence electrons. The SMILES string of the molecule is CC(C)c1cnc(N2C[C@H](CCS(C)(=O)=O)[C@H]2C)c2cnc(Nc3ccnc(N4CC[C@](C)(O)[C@H](F)C4)n3)cc12. The number of nitrogens with one attached hydrogen (secondary N) is 1. The number of nitrogens with zero attached hydrogens (tertiary/aromatic N) is 6. The number of pyridine rings is 2. The third-order valence-corrected chi connectivity index (χ3v) is 9.24. The van der Waals surface area contributed by atoms with Crippen molar-refractivity contribution in [2.75, 3.05) is 46.8 Å². The summed E-state index contributed by atoms with van der Waals surface area (Å²) >= 11 is 0. The molecule has 2 aliphatic heterocycles. The summed E-state index contributed by atoms with van der Waals surface area (Å²) in [6.45, 7) is 9.14. The van der Waals surface area contributed by atoms with Crippen LogP contribution in [0.25, 0.3) is 10.8 Å². The minimum absolute atomic E-state index is 0.0300.